The zero-order valence-corrected chi connectivity index (χ0v) is 14.4. The van der Waals surface area contributed by atoms with Crippen molar-refractivity contribution in [1.29, 1.82) is 0 Å². The Hall–Kier alpha value is -2.56. The fourth-order valence-electron chi connectivity index (χ4n) is 4.04. The highest BCUT2D eigenvalue weighted by molar-refractivity contribution is 5.90. The van der Waals surface area contributed by atoms with Crippen molar-refractivity contribution in [2.24, 2.45) is 0 Å². The molecule has 5 nitrogen and oxygen atoms in total. The Balaban J connectivity index is 1.42. The summed E-state index contributed by atoms with van der Waals surface area (Å²) < 4.78 is 6.03. The largest absolute Gasteiger partial charge is 0.474 e. The lowest BCUT2D eigenvalue weighted by Gasteiger charge is -2.38. The van der Waals surface area contributed by atoms with Gasteiger partial charge >= 0.3 is 6.03 Å². The van der Waals surface area contributed by atoms with Gasteiger partial charge in [-0.2, -0.15) is 0 Å². The number of para-hydroxylation sites is 1. The lowest BCUT2D eigenvalue weighted by molar-refractivity contribution is 0.0704. The Morgan fingerprint density at radius 2 is 1.84 bits per heavy atom. The van der Waals surface area contributed by atoms with Gasteiger partial charge in [0.15, 0.2) is 0 Å². The number of benzene rings is 1. The van der Waals surface area contributed by atoms with E-state index in [1.54, 1.807) is 6.20 Å². The Morgan fingerprint density at radius 1 is 1.12 bits per heavy atom. The molecule has 2 aromatic rings. The summed E-state index contributed by atoms with van der Waals surface area (Å²) in [5.74, 6) is 0.671. The average Bonchev–Trinajstić information content (AvgIpc) is 2.89. The topological polar surface area (TPSA) is 54.5 Å². The number of aryl methyl sites for hydroxylation is 1. The summed E-state index contributed by atoms with van der Waals surface area (Å²) in [5.41, 5.74) is 1.97. The van der Waals surface area contributed by atoms with Gasteiger partial charge in [0.25, 0.3) is 0 Å². The number of piperidine rings is 1. The Morgan fingerprint density at radius 3 is 2.52 bits per heavy atom. The molecular formula is C20H23N3O2. The van der Waals surface area contributed by atoms with Crippen LogP contribution in [0.1, 0.15) is 31.2 Å². The second-order valence-electron chi connectivity index (χ2n) is 6.92. The minimum atomic E-state index is 0.0121. The molecule has 1 aromatic heterocycles. The number of pyridine rings is 1. The fourth-order valence-corrected chi connectivity index (χ4v) is 4.04. The molecule has 3 heterocycles. The lowest BCUT2D eigenvalue weighted by atomic mass is 10.00. The summed E-state index contributed by atoms with van der Waals surface area (Å²) in [7, 11) is 0. The number of ether oxygens (including phenoxy) is 1. The molecule has 0 saturated carbocycles. The molecule has 2 amide bonds. The Bertz CT molecular complexity index is 736. The SMILES string of the molecule is Cc1ccccc1NC(=O)N1C2CCC1CC(Oc1ccccn1)C2. The maximum atomic E-state index is 12.8. The van der Waals surface area contributed by atoms with Crippen molar-refractivity contribution in [3.63, 3.8) is 0 Å². The van der Waals surface area contributed by atoms with E-state index in [2.05, 4.69) is 10.3 Å². The van der Waals surface area contributed by atoms with Crippen LogP contribution in [0, 0.1) is 6.92 Å². The van der Waals surface area contributed by atoms with Crippen LogP contribution < -0.4 is 10.1 Å². The quantitative estimate of drug-likeness (QED) is 0.921. The van der Waals surface area contributed by atoms with Crippen molar-refractivity contribution in [2.75, 3.05) is 5.32 Å². The van der Waals surface area contributed by atoms with Gasteiger partial charge in [-0.15, -0.1) is 0 Å². The van der Waals surface area contributed by atoms with Gasteiger partial charge in [0, 0.05) is 42.9 Å². The van der Waals surface area contributed by atoms with E-state index >= 15 is 0 Å². The Kier molecular flexibility index (Phi) is 4.30. The fraction of sp³-hybridized carbons (Fsp3) is 0.400. The second kappa shape index (κ2) is 6.75. The lowest BCUT2D eigenvalue weighted by Crippen LogP contribution is -2.50. The van der Waals surface area contributed by atoms with Crippen LogP contribution in [0.15, 0.2) is 48.7 Å². The number of fused-ring (bicyclic) bond motifs is 2. The molecule has 1 N–H and O–H groups in total. The summed E-state index contributed by atoms with van der Waals surface area (Å²) in [5, 5.41) is 3.08. The monoisotopic (exact) mass is 337 g/mol. The van der Waals surface area contributed by atoms with Gasteiger partial charge in [-0.25, -0.2) is 9.78 Å². The molecule has 2 unspecified atom stereocenters. The van der Waals surface area contributed by atoms with Crippen LogP contribution >= 0.6 is 0 Å². The number of nitrogens with zero attached hydrogens (tertiary/aromatic N) is 2. The van der Waals surface area contributed by atoms with E-state index in [1.807, 2.05) is 54.3 Å². The first-order valence-corrected chi connectivity index (χ1v) is 8.93. The van der Waals surface area contributed by atoms with E-state index < -0.39 is 0 Å². The highest BCUT2D eigenvalue weighted by Gasteiger charge is 2.44. The molecule has 25 heavy (non-hydrogen) atoms. The molecule has 1 aromatic carbocycles. The van der Waals surface area contributed by atoms with Crippen molar-refractivity contribution < 1.29 is 9.53 Å². The molecule has 2 fully saturated rings. The number of rotatable bonds is 3. The molecule has 0 aliphatic carbocycles. The van der Waals surface area contributed by atoms with E-state index in [0.717, 1.165) is 36.9 Å². The van der Waals surface area contributed by atoms with Crippen molar-refractivity contribution in [2.45, 2.75) is 50.8 Å². The Labute approximate surface area is 148 Å². The first-order chi connectivity index (χ1) is 12.2. The summed E-state index contributed by atoms with van der Waals surface area (Å²) in [6, 6.07) is 14.1. The van der Waals surface area contributed by atoms with E-state index in [-0.39, 0.29) is 24.2 Å². The number of hydrogen-bond donors (Lipinski definition) is 1. The van der Waals surface area contributed by atoms with Crippen molar-refractivity contribution in [3.8, 4) is 5.88 Å². The molecular weight excluding hydrogens is 314 g/mol. The third kappa shape index (κ3) is 3.31. The van der Waals surface area contributed by atoms with Gasteiger partial charge in [0.05, 0.1) is 0 Å². The predicted molar refractivity (Wildman–Crippen MR) is 96.7 cm³/mol. The molecule has 0 radical (unpaired) electrons. The number of carbonyl (C=O) groups is 1. The molecule has 2 saturated heterocycles. The van der Waals surface area contributed by atoms with Crippen LogP contribution in [0.4, 0.5) is 10.5 Å². The highest BCUT2D eigenvalue weighted by atomic mass is 16.5. The van der Waals surface area contributed by atoms with E-state index in [9.17, 15) is 4.79 Å². The normalized spacial score (nSPS) is 24.8. The third-order valence-electron chi connectivity index (χ3n) is 5.24. The van der Waals surface area contributed by atoms with E-state index in [0.29, 0.717) is 5.88 Å². The molecule has 2 aliphatic heterocycles. The number of anilines is 1. The minimum absolute atomic E-state index is 0.0121. The third-order valence-corrected chi connectivity index (χ3v) is 5.24. The van der Waals surface area contributed by atoms with Crippen LogP contribution in [0.3, 0.4) is 0 Å². The summed E-state index contributed by atoms with van der Waals surface area (Å²) in [6.45, 7) is 2.01. The smallest absolute Gasteiger partial charge is 0.322 e. The van der Waals surface area contributed by atoms with Gasteiger partial charge in [-0.1, -0.05) is 24.3 Å². The van der Waals surface area contributed by atoms with Gasteiger partial charge in [-0.05, 0) is 37.5 Å². The zero-order chi connectivity index (χ0) is 17.2. The molecule has 2 bridgehead atoms. The minimum Gasteiger partial charge on any atom is -0.474 e. The highest BCUT2D eigenvalue weighted by Crippen LogP contribution is 2.37. The molecule has 2 aliphatic rings. The van der Waals surface area contributed by atoms with E-state index in [4.69, 9.17) is 4.74 Å². The van der Waals surface area contributed by atoms with Gasteiger partial charge in [0.2, 0.25) is 5.88 Å². The second-order valence-corrected chi connectivity index (χ2v) is 6.92. The molecule has 130 valence electrons. The molecule has 5 heteroatoms. The number of aromatic nitrogens is 1. The van der Waals surface area contributed by atoms with Crippen molar-refractivity contribution in [1.82, 2.24) is 9.88 Å². The maximum Gasteiger partial charge on any atom is 0.322 e. The van der Waals surface area contributed by atoms with Crippen LogP contribution in [-0.4, -0.2) is 34.1 Å². The van der Waals surface area contributed by atoms with Crippen molar-refractivity contribution in [3.05, 3.63) is 54.2 Å². The zero-order valence-electron chi connectivity index (χ0n) is 14.4. The number of amides is 2. The van der Waals surface area contributed by atoms with Crippen molar-refractivity contribution >= 4 is 11.7 Å². The van der Waals surface area contributed by atoms with Crippen LogP contribution in [-0.2, 0) is 0 Å². The maximum absolute atomic E-state index is 12.8. The number of nitrogens with one attached hydrogen (secondary N) is 1. The first-order valence-electron chi connectivity index (χ1n) is 8.93. The summed E-state index contributed by atoms with van der Waals surface area (Å²) >= 11 is 0. The van der Waals surface area contributed by atoms with Crippen LogP contribution in [0.25, 0.3) is 0 Å². The number of carbonyl (C=O) groups excluding carboxylic acids is 1. The van der Waals surface area contributed by atoms with E-state index in [1.165, 1.54) is 0 Å². The summed E-state index contributed by atoms with van der Waals surface area (Å²) in [6.07, 6.45) is 5.72. The molecule has 4 rings (SSSR count). The van der Waals surface area contributed by atoms with Crippen LogP contribution in [0.5, 0.6) is 5.88 Å². The summed E-state index contributed by atoms with van der Waals surface area (Å²) in [4.78, 5) is 19.1. The number of urea groups is 1. The van der Waals surface area contributed by atoms with Crippen LogP contribution in [0.2, 0.25) is 0 Å². The van der Waals surface area contributed by atoms with Gasteiger partial charge < -0.3 is 15.0 Å². The van der Waals surface area contributed by atoms with Gasteiger partial charge in [-0.3, -0.25) is 0 Å². The molecule has 0 spiro atoms. The standard InChI is InChI=1S/C20H23N3O2/c1-14-6-2-3-7-18(14)22-20(24)23-15-9-10-16(23)13-17(12-15)25-19-8-4-5-11-21-19/h2-8,11,15-17H,9-10,12-13H2,1H3,(H,22,24). The predicted octanol–water partition coefficient (Wildman–Crippen LogP) is 4.00. The average molecular weight is 337 g/mol. The van der Waals surface area contributed by atoms with Gasteiger partial charge in [0.1, 0.15) is 6.10 Å². The number of hydrogen-bond acceptors (Lipinski definition) is 3. The first kappa shape index (κ1) is 15.9. The molecule has 2 atom stereocenters.